The van der Waals surface area contributed by atoms with Crippen molar-refractivity contribution in [2.75, 3.05) is 20.5 Å². The van der Waals surface area contributed by atoms with E-state index in [1.807, 2.05) is 13.0 Å². The number of aliphatic hydroxyl groups is 1. The predicted octanol–water partition coefficient (Wildman–Crippen LogP) is 3.12. The van der Waals surface area contributed by atoms with E-state index in [1.54, 1.807) is 48.5 Å². The lowest BCUT2D eigenvalue weighted by Crippen LogP contribution is -2.32. The molecule has 1 atom stereocenters. The van der Waals surface area contributed by atoms with Gasteiger partial charge in [-0.1, -0.05) is 37.3 Å². The summed E-state index contributed by atoms with van der Waals surface area (Å²) in [5.41, 5.74) is -0.204. The molecular weight excluding hydrogens is 308 g/mol. The fourth-order valence-electron chi connectivity index (χ4n) is 2.23. The molecule has 2 aromatic carbocycles. The van der Waals surface area contributed by atoms with E-state index in [9.17, 15) is 9.90 Å². The molecule has 1 N–H and O–H groups in total. The standard InChI is InChI=1S/C19H22O5/c1-3-19(21,13-23-18(20)15-8-5-4-6-9-15)16-10-7-11-17(12-16)24-14-22-2/h4-12,21H,3,13-14H2,1-2H3/t19-/m0/s1. The van der Waals surface area contributed by atoms with Gasteiger partial charge in [0.2, 0.25) is 0 Å². The molecule has 0 amide bonds. The Labute approximate surface area is 141 Å². The normalized spacial score (nSPS) is 13.1. The highest BCUT2D eigenvalue weighted by molar-refractivity contribution is 5.89. The van der Waals surface area contributed by atoms with Crippen LogP contribution in [0, 0.1) is 0 Å². The number of esters is 1. The largest absolute Gasteiger partial charge is 0.468 e. The van der Waals surface area contributed by atoms with Gasteiger partial charge in [0.05, 0.1) is 5.56 Å². The Kier molecular flexibility index (Phi) is 6.35. The Morgan fingerprint density at radius 1 is 1.12 bits per heavy atom. The Morgan fingerprint density at radius 2 is 1.88 bits per heavy atom. The molecule has 0 saturated carbocycles. The molecule has 2 aromatic rings. The molecule has 0 spiro atoms. The summed E-state index contributed by atoms with van der Waals surface area (Å²) >= 11 is 0. The van der Waals surface area contributed by atoms with E-state index in [4.69, 9.17) is 14.2 Å². The van der Waals surface area contributed by atoms with Crippen LogP contribution in [0.1, 0.15) is 29.3 Å². The summed E-state index contributed by atoms with van der Waals surface area (Å²) in [6.07, 6.45) is 0.392. The number of hydrogen-bond acceptors (Lipinski definition) is 5. The van der Waals surface area contributed by atoms with Crippen molar-refractivity contribution in [1.29, 1.82) is 0 Å². The summed E-state index contributed by atoms with van der Waals surface area (Å²) < 4.78 is 15.6. The highest BCUT2D eigenvalue weighted by atomic mass is 16.7. The quantitative estimate of drug-likeness (QED) is 0.595. The SMILES string of the molecule is CC[C@](O)(COC(=O)c1ccccc1)c1cccc(OCOC)c1. The number of carbonyl (C=O) groups is 1. The maximum Gasteiger partial charge on any atom is 0.338 e. The van der Waals surface area contributed by atoms with Crippen molar-refractivity contribution >= 4 is 5.97 Å². The molecule has 5 heteroatoms. The van der Waals surface area contributed by atoms with Crippen LogP contribution in [0.2, 0.25) is 0 Å². The summed E-state index contributed by atoms with van der Waals surface area (Å²) in [5.74, 6) is 0.116. The van der Waals surface area contributed by atoms with Crippen LogP contribution < -0.4 is 4.74 Å². The van der Waals surface area contributed by atoms with E-state index in [1.165, 1.54) is 7.11 Å². The molecule has 0 fully saturated rings. The molecule has 0 radical (unpaired) electrons. The van der Waals surface area contributed by atoms with Crippen LogP contribution in [0.3, 0.4) is 0 Å². The Balaban J connectivity index is 2.09. The van der Waals surface area contributed by atoms with Crippen LogP contribution in [0.15, 0.2) is 54.6 Å². The van der Waals surface area contributed by atoms with Gasteiger partial charge in [0.15, 0.2) is 6.79 Å². The highest BCUT2D eigenvalue weighted by Gasteiger charge is 2.29. The molecule has 0 saturated heterocycles. The fraction of sp³-hybridized carbons (Fsp3) is 0.316. The minimum atomic E-state index is -1.28. The van der Waals surface area contributed by atoms with Gasteiger partial charge in [0.1, 0.15) is 18.0 Å². The number of rotatable bonds is 8. The van der Waals surface area contributed by atoms with Crippen LogP contribution in [-0.2, 0) is 15.1 Å². The lowest BCUT2D eigenvalue weighted by atomic mass is 9.92. The van der Waals surface area contributed by atoms with Crippen LogP contribution >= 0.6 is 0 Å². The third-order valence-corrected chi connectivity index (χ3v) is 3.75. The van der Waals surface area contributed by atoms with E-state index in [0.717, 1.165) is 0 Å². The molecule has 0 bridgehead atoms. The van der Waals surface area contributed by atoms with Crippen LogP contribution in [0.5, 0.6) is 5.75 Å². The molecule has 0 aliphatic rings. The molecule has 0 aromatic heterocycles. The van der Waals surface area contributed by atoms with Crippen molar-refractivity contribution in [2.24, 2.45) is 0 Å². The van der Waals surface area contributed by atoms with E-state index in [2.05, 4.69) is 0 Å². The van der Waals surface area contributed by atoms with E-state index >= 15 is 0 Å². The summed E-state index contributed by atoms with van der Waals surface area (Å²) in [7, 11) is 1.54. The van der Waals surface area contributed by atoms with Crippen LogP contribution in [0.4, 0.5) is 0 Å². The second-order valence-corrected chi connectivity index (χ2v) is 5.41. The lowest BCUT2D eigenvalue weighted by Gasteiger charge is -2.27. The van der Waals surface area contributed by atoms with Crippen molar-refractivity contribution in [3.05, 3.63) is 65.7 Å². The zero-order valence-corrected chi connectivity index (χ0v) is 13.9. The summed E-state index contributed by atoms with van der Waals surface area (Å²) in [6, 6.07) is 15.7. The molecule has 0 aliphatic heterocycles. The third-order valence-electron chi connectivity index (χ3n) is 3.75. The van der Waals surface area contributed by atoms with E-state index in [-0.39, 0.29) is 13.4 Å². The average Bonchev–Trinajstić information content (AvgIpc) is 2.65. The monoisotopic (exact) mass is 330 g/mol. The third kappa shape index (κ3) is 4.57. The minimum Gasteiger partial charge on any atom is -0.468 e. The van der Waals surface area contributed by atoms with Crippen molar-refractivity contribution in [2.45, 2.75) is 18.9 Å². The van der Waals surface area contributed by atoms with Crippen LogP contribution in [-0.4, -0.2) is 31.6 Å². The number of methoxy groups -OCH3 is 1. The highest BCUT2D eigenvalue weighted by Crippen LogP contribution is 2.28. The van der Waals surface area contributed by atoms with Gasteiger partial charge >= 0.3 is 5.97 Å². The molecule has 128 valence electrons. The first-order valence-corrected chi connectivity index (χ1v) is 7.76. The number of carbonyl (C=O) groups excluding carboxylic acids is 1. The van der Waals surface area contributed by atoms with Gasteiger partial charge in [-0.2, -0.15) is 0 Å². The summed E-state index contributed by atoms with van der Waals surface area (Å²) in [6.45, 7) is 1.82. The Morgan fingerprint density at radius 3 is 2.54 bits per heavy atom. The van der Waals surface area contributed by atoms with Gasteiger partial charge in [0.25, 0.3) is 0 Å². The average molecular weight is 330 g/mol. The molecular formula is C19H22O5. The van der Waals surface area contributed by atoms with Crippen molar-refractivity contribution in [3.8, 4) is 5.75 Å². The molecule has 0 unspecified atom stereocenters. The number of hydrogen-bond donors (Lipinski definition) is 1. The van der Waals surface area contributed by atoms with Crippen molar-refractivity contribution < 1.29 is 24.1 Å². The molecule has 0 heterocycles. The fourth-order valence-corrected chi connectivity index (χ4v) is 2.23. The smallest absolute Gasteiger partial charge is 0.338 e. The number of ether oxygens (including phenoxy) is 3. The zero-order valence-electron chi connectivity index (χ0n) is 13.9. The minimum absolute atomic E-state index is 0.122. The second-order valence-electron chi connectivity index (χ2n) is 5.41. The first-order chi connectivity index (χ1) is 11.6. The zero-order chi connectivity index (χ0) is 17.4. The second kappa shape index (κ2) is 8.47. The molecule has 0 aliphatic carbocycles. The van der Waals surface area contributed by atoms with E-state index < -0.39 is 11.6 Å². The van der Waals surface area contributed by atoms with Gasteiger partial charge in [-0.15, -0.1) is 0 Å². The topological polar surface area (TPSA) is 65.0 Å². The van der Waals surface area contributed by atoms with Gasteiger partial charge in [-0.3, -0.25) is 0 Å². The first-order valence-electron chi connectivity index (χ1n) is 7.76. The maximum absolute atomic E-state index is 12.1. The predicted molar refractivity (Wildman–Crippen MR) is 89.9 cm³/mol. The summed E-state index contributed by atoms with van der Waals surface area (Å²) in [4.78, 5) is 12.1. The molecule has 24 heavy (non-hydrogen) atoms. The maximum atomic E-state index is 12.1. The summed E-state index contributed by atoms with van der Waals surface area (Å²) in [5, 5.41) is 10.9. The van der Waals surface area contributed by atoms with Gasteiger partial charge in [-0.05, 0) is 36.2 Å². The first kappa shape index (κ1) is 18.0. The Bertz CT molecular complexity index is 656. The number of benzene rings is 2. The molecule has 5 nitrogen and oxygen atoms in total. The lowest BCUT2D eigenvalue weighted by molar-refractivity contribution is -0.0387. The molecule has 2 rings (SSSR count). The van der Waals surface area contributed by atoms with Gasteiger partial charge in [0, 0.05) is 7.11 Å². The van der Waals surface area contributed by atoms with Crippen LogP contribution in [0.25, 0.3) is 0 Å². The van der Waals surface area contributed by atoms with Crippen molar-refractivity contribution in [3.63, 3.8) is 0 Å². The van der Waals surface area contributed by atoms with E-state index in [0.29, 0.717) is 23.3 Å². The van der Waals surface area contributed by atoms with Gasteiger partial charge in [-0.25, -0.2) is 4.79 Å². The van der Waals surface area contributed by atoms with Gasteiger partial charge < -0.3 is 19.3 Å². The van der Waals surface area contributed by atoms with Crippen molar-refractivity contribution in [1.82, 2.24) is 0 Å². The Hall–Kier alpha value is -2.37.